The summed E-state index contributed by atoms with van der Waals surface area (Å²) in [5, 5.41) is 8.84. The summed E-state index contributed by atoms with van der Waals surface area (Å²) in [5.74, 6) is -0.163. The van der Waals surface area contributed by atoms with Gasteiger partial charge in [0.15, 0.2) is 0 Å². The van der Waals surface area contributed by atoms with Gasteiger partial charge in [0.2, 0.25) is 0 Å². The normalized spacial score (nSPS) is 12.6. The Balaban J connectivity index is 3.21. The topological polar surface area (TPSA) is 55.5 Å². The summed E-state index contributed by atoms with van der Waals surface area (Å²) in [6.45, 7) is 1.90. The van der Waals surface area contributed by atoms with E-state index in [0.717, 1.165) is 0 Å². The Morgan fingerprint density at radius 2 is 2.27 bits per heavy atom. The molecule has 0 saturated heterocycles. The van der Waals surface area contributed by atoms with Crippen LogP contribution in [0.2, 0.25) is 5.02 Å². The lowest BCUT2D eigenvalue weighted by Gasteiger charge is -2.16. The molecule has 5 heteroatoms. The maximum Gasteiger partial charge on any atom is 0.142 e. The van der Waals surface area contributed by atoms with E-state index in [2.05, 4.69) is 0 Å². The largest absolute Gasteiger partial charge is 0.493 e. The van der Waals surface area contributed by atoms with Crippen molar-refractivity contribution in [2.24, 2.45) is 5.73 Å². The standard InChI is InChI=1S/C10H13ClFNO2/c1-2-15-8-4-3-6(12)10(11)9(8)7(13)5-14/h3-4,7,14H,2,5,13H2,1H3. The molecule has 0 aromatic heterocycles. The van der Waals surface area contributed by atoms with Crippen LogP contribution >= 0.6 is 11.6 Å². The number of hydrogen-bond donors (Lipinski definition) is 2. The van der Waals surface area contributed by atoms with Gasteiger partial charge in [0.25, 0.3) is 0 Å². The maximum atomic E-state index is 13.2. The van der Waals surface area contributed by atoms with Gasteiger partial charge in [-0.05, 0) is 19.1 Å². The van der Waals surface area contributed by atoms with Gasteiger partial charge in [-0.2, -0.15) is 0 Å². The molecule has 0 radical (unpaired) electrons. The zero-order valence-corrected chi connectivity index (χ0v) is 9.09. The van der Waals surface area contributed by atoms with Crippen molar-refractivity contribution in [2.45, 2.75) is 13.0 Å². The highest BCUT2D eigenvalue weighted by molar-refractivity contribution is 6.31. The lowest BCUT2D eigenvalue weighted by atomic mass is 10.1. The Kier molecular flexibility index (Phi) is 4.32. The van der Waals surface area contributed by atoms with Gasteiger partial charge in [-0.25, -0.2) is 4.39 Å². The van der Waals surface area contributed by atoms with Gasteiger partial charge in [-0.1, -0.05) is 11.6 Å². The van der Waals surface area contributed by atoms with Crippen molar-refractivity contribution in [1.82, 2.24) is 0 Å². The number of rotatable bonds is 4. The summed E-state index contributed by atoms with van der Waals surface area (Å²) >= 11 is 5.76. The predicted octanol–water partition coefficient (Wildman–Crippen LogP) is 1.87. The van der Waals surface area contributed by atoms with E-state index in [-0.39, 0.29) is 11.6 Å². The third-order valence-electron chi connectivity index (χ3n) is 1.96. The lowest BCUT2D eigenvalue weighted by molar-refractivity contribution is 0.261. The van der Waals surface area contributed by atoms with Gasteiger partial charge in [0, 0.05) is 5.56 Å². The lowest BCUT2D eigenvalue weighted by Crippen LogP contribution is -2.17. The molecule has 3 nitrogen and oxygen atoms in total. The second kappa shape index (κ2) is 5.30. The highest BCUT2D eigenvalue weighted by Crippen LogP contribution is 2.33. The first kappa shape index (κ1) is 12.2. The van der Waals surface area contributed by atoms with Crippen LogP contribution in [0.5, 0.6) is 5.75 Å². The summed E-state index contributed by atoms with van der Waals surface area (Å²) in [6, 6.07) is 1.92. The molecule has 1 aromatic carbocycles. The molecule has 0 aliphatic heterocycles. The molecule has 0 aliphatic rings. The van der Waals surface area contributed by atoms with Crippen LogP contribution in [0.3, 0.4) is 0 Å². The van der Waals surface area contributed by atoms with Crippen molar-refractivity contribution in [1.29, 1.82) is 0 Å². The van der Waals surface area contributed by atoms with Crippen molar-refractivity contribution >= 4 is 11.6 Å². The smallest absolute Gasteiger partial charge is 0.142 e. The Labute approximate surface area is 92.6 Å². The number of aliphatic hydroxyl groups is 1. The fraction of sp³-hybridized carbons (Fsp3) is 0.400. The van der Waals surface area contributed by atoms with Crippen molar-refractivity contribution in [3.05, 3.63) is 28.5 Å². The SMILES string of the molecule is CCOc1ccc(F)c(Cl)c1C(N)CO. The molecule has 0 amide bonds. The van der Waals surface area contributed by atoms with Crippen LogP contribution in [-0.4, -0.2) is 18.3 Å². The van der Waals surface area contributed by atoms with Gasteiger partial charge >= 0.3 is 0 Å². The van der Waals surface area contributed by atoms with Crippen molar-refractivity contribution in [2.75, 3.05) is 13.2 Å². The molecular formula is C10H13ClFNO2. The van der Waals surface area contributed by atoms with Crippen LogP contribution in [0.25, 0.3) is 0 Å². The van der Waals surface area contributed by atoms with Crippen LogP contribution in [0, 0.1) is 5.82 Å². The minimum Gasteiger partial charge on any atom is -0.493 e. The molecule has 0 bridgehead atoms. The molecule has 3 N–H and O–H groups in total. The first-order chi connectivity index (χ1) is 7.11. The molecule has 84 valence electrons. The highest BCUT2D eigenvalue weighted by atomic mass is 35.5. The number of halogens is 2. The number of hydrogen-bond acceptors (Lipinski definition) is 3. The average Bonchev–Trinajstić information content (AvgIpc) is 2.23. The van der Waals surface area contributed by atoms with Gasteiger partial charge in [0.05, 0.1) is 24.3 Å². The number of aliphatic hydroxyl groups excluding tert-OH is 1. The number of nitrogens with two attached hydrogens (primary N) is 1. The van der Waals surface area contributed by atoms with Crippen LogP contribution in [0.15, 0.2) is 12.1 Å². The molecule has 1 rings (SSSR count). The van der Waals surface area contributed by atoms with Crippen LogP contribution < -0.4 is 10.5 Å². The maximum absolute atomic E-state index is 13.2. The summed E-state index contributed by atoms with van der Waals surface area (Å²) in [6.07, 6.45) is 0. The van der Waals surface area contributed by atoms with E-state index in [1.165, 1.54) is 12.1 Å². The van der Waals surface area contributed by atoms with Crippen molar-refractivity contribution in [3.8, 4) is 5.75 Å². The summed E-state index contributed by atoms with van der Waals surface area (Å²) in [4.78, 5) is 0. The quantitative estimate of drug-likeness (QED) is 0.835. The molecule has 1 aromatic rings. The van der Waals surface area contributed by atoms with Crippen LogP contribution in [0.4, 0.5) is 4.39 Å². The van der Waals surface area contributed by atoms with Crippen molar-refractivity contribution < 1.29 is 14.2 Å². The molecule has 1 atom stereocenters. The summed E-state index contributed by atoms with van der Waals surface area (Å²) < 4.78 is 18.4. The third kappa shape index (κ3) is 2.59. The van der Waals surface area contributed by atoms with E-state index >= 15 is 0 Å². The highest BCUT2D eigenvalue weighted by Gasteiger charge is 2.18. The molecular weight excluding hydrogens is 221 g/mol. The van der Waals surface area contributed by atoms with E-state index in [9.17, 15) is 4.39 Å². The number of ether oxygens (including phenoxy) is 1. The average molecular weight is 234 g/mol. The van der Waals surface area contributed by atoms with Gasteiger partial charge < -0.3 is 15.6 Å². The zero-order valence-electron chi connectivity index (χ0n) is 8.34. The second-order valence-corrected chi connectivity index (χ2v) is 3.37. The minimum atomic E-state index is -0.741. The third-order valence-corrected chi connectivity index (χ3v) is 2.34. The molecule has 0 spiro atoms. The molecule has 0 saturated carbocycles. The summed E-state index contributed by atoms with van der Waals surface area (Å²) in [5.41, 5.74) is 5.92. The molecule has 0 fully saturated rings. The first-order valence-electron chi connectivity index (χ1n) is 4.59. The molecule has 0 heterocycles. The van der Waals surface area contributed by atoms with E-state index in [0.29, 0.717) is 17.9 Å². The second-order valence-electron chi connectivity index (χ2n) is 3.00. The van der Waals surface area contributed by atoms with E-state index in [1.807, 2.05) is 0 Å². The molecule has 15 heavy (non-hydrogen) atoms. The van der Waals surface area contributed by atoms with Gasteiger partial charge in [-0.15, -0.1) is 0 Å². The Morgan fingerprint density at radius 3 is 2.80 bits per heavy atom. The van der Waals surface area contributed by atoms with Crippen molar-refractivity contribution in [3.63, 3.8) is 0 Å². The fourth-order valence-corrected chi connectivity index (χ4v) is 1.56. The summed E-state index contributed by atoms with van der Waals surface area (Å²) in [7, 11) is 0. The monoisotopic (exact) mass is 233 g/mol. The number of benzene rings is 1. The van der Waals surface area contributed by atoms with Crippen LogP contribution in [0.1, 0.15) is 18.5 Å². The van der Waals surface area contributed by atoms with E-state index < -0.39 is 11.9 Å². The minimum absolute atomic E-state index is 0.0949. The Hall–Kier alpha value is -0.840. The van der Waals surface area contributed by atoms with E-state index in [4.69, 9.17) is 27.2 Å². The zero-order chi connectivity index (χ0) is 11.4. The van der Waals surface area contributed by atoms with Gasteiger partial charge in [0.1, 0.15) is 11.6 Å². The van der Waals surface area contributed by atoms with Crippen LogP contribution in [-0.2, 0) is 0 Å². The molecule has 0 aliphatic carbocycles. The Morgan fingerprint density at radius 1 is 1.60 bits per heavy atom. The predicted molar refractivity (Wildman–Crippen MR) is 56.6 cm³/mol. The fourth-order valence-electron chi connectivity index (χ4n) is 1.27. The Bertz CT molecular complexity index is 346. The molecule has 1 unspecified atom stereocenters. The van der Waals surface area contributed by atoms with Gasteiger partial charge in [-0.3, -0.25) is 0 Å². The first-order valence-corrected chi connectivity index (χ1v) is 4.96. The van der Waals surface area contributed by atoms with E-state index in [1.54, 1.807) is 6.92 Å².